The summed E-state index contributed by atoms with van der Waals surface area (Å²) in [6, 6.07) is 6.50. The van der Waals surface area contributed by atoms with Crippen molar-refractivity contribution in [1.82, 2.24) is 4.98 Å². The van der Waals surface area contributed by atoms with E-state index in [9.17, 15) is 8.42 Å². The summed E-state index contributed by atoms with van der Waals surface area (Å²) in [5, 5.41) is 0.354. The van der Waals surface area contributed by atoms with Crippen molar-refractivity contribution in [2.24, 2.45) is 0 Å². The molecule has 0 radical (unpaired) electrons. The number of fused-ring (bicyclic) bond motifs is 1. The predicted molar refractivity (Wildman–Crippen MR) is 80.4 cm³/mol. The van der Waals surface area contributed by atoms with Gasteiger partial charge in [0.1, 0.15) is 10.9 Å². The van der Waals surface area contributed by atoms with Crippen LogP contribution in [0.15, 0.2) is 35.4 Å². The van der Waals surface area contributed by atoms with E-state index in [-0.39, 0.29) is 4.90 Å². The summed E-state index contributed by atoms with van der Waals surface area (Å²) in [4.78, 5) is 4.14. The van der Waals surface area contributed by atoms with Crippen molar-refractivity contribution in [3.05, 3.63) is 46.7 Å². The van der Waals surface area contributed by atoms with E-state index < -0.39 is 10.0 Å². The third-order valence-electron chi connectivity index (χ3n) is 3.24. The number of aryl methyl sites for hydroxylation is 1. The van der Waals surface area contributed by atoms with E-state index in [0.717, 1.165) is 17.7 Å². The van der Waals surface area contributed by atoms with Gasteiger partial charge in [-0.15, -0.1) is 0 Å². The number of benzene rings is 1. The maximum atomic E-state index is 12.4. The van der Waals surface area contributed by atoms with Gasteiger partial charge in [-0.3, -0.25) is 4.72 Å². The monoisotopic (exact) mass is 324 g/mol. The molecule has 1 aromatic carbocycles. The second-order valence-electron chi connectivity index (χ2n) is 4.81. The largest absolute Gasteiger partial charge is 0.493 e. The molecule has 0 bridgehead atoms. The molecular weight excluding hydrogens is 312 g/mol. The Hall–Kier alpha value is -1.79. The first-order valence-corrected chi connectivity index (χ1v) is 8.22. The van der Waals surface area contributed by atoms with Gasteiger partial charge < -0.3 is 4.74 Å². The molecule has 0 aliphatic carbocycles. The summed E-state index contributed by atoms with van der Waals surface area (Å²) in [5.74, 6) is 0.748. The Kier molecular flexibility index (Phi) is 3.51. The molecule has 21 heavy (non-hydrogen) atoms. The number of ether oxygens (including phenoxy) is 1. The van der Waals surface area contributed by atoms with Gasteiger partial charge in [0.2, 0.25) is 0 Å². The number of rotatable bonds is 3. The minimum atomic E-state index is -3.65. The van der Waals surface area contributed by atoms with Crippen LogP contribution in [0, 0.1) is 6.92 Å². The van der Waals surface area contributed by atoms with Gasteiger partial charge in [-0.1, -0.05) is 11.6 Å². The zero-order chi connectivity index (χ0) is 15.0. The van der Waals surface area contributed by atoms with Gasteiger partial charge in [0.25, 0.3) is 10.0 Å². The summed E-state index contributed by atoms with van der Waals surface area (Å²) in [5.41, 5.74) is 2.00. The van der Waals surface area contributed by atoms with Crippen molar-refractivity contribution in [2.75, 3.05) is 11.3 Å². The van der Waals surface area contributed by atoms with Crippen LogP contribution < -0.4 is 9.46 Å². The van der Waals surface area contributed by atoms with Gasteiger partial charge in [0.15, 0.2) is 0 Å². The minimum absolute atomic E-state index is 0.208. The third-order valence-corrected chi connectivity index (χ3v) is 5.01. The Morgan fingerprint density at radius 3 is 2.90 bits per heavy atom. The Morgan fingerprint density at radius 2 is 2.14 bits per heavy atom. The summed E-state index contributed by atoms with van der Waals surface area (Å²) in [6.07, 6.45) is 2.11. The van der Waals surface area contributed by atoms with E-state index >= 15 is 0 Å². The highest BCUT2D eigenvalue weighted by atomic mass is 35.5. The average Bonchev–Trinajstić information content (AvgIpc) is 2.90. The first-order chi connectivity index (χ1) is 9.95. The van der Waals surface area contributed by atoms with Crippen LogP contribution in [0.25, 0.3) is 0 Å². The molecule has 0 fully saturated rings. The van der Waals surface area contributed by atoms with Crippen LogP contribution in [0.4, 0.5) is 5.69 Å². The highest BCUT2D eigenvalue weighted by Crippen LogP contribution is 2.28. The van der Waals surface area contributed by atoms with Crippen LogP contribution in [-0.4, -0.2) is 20.0 Å². The quantitative estimate of drug-likeness (QED) is 0.881. The van der Waals surface area contributed by atoms with E-state index in [1.165, 1.54) is 12.3 Å². The number of pyridine rings is 1. The maximum Gasteiger partial charge on any atom is 0.261 e. The Morgan fingerprint density at radius 1 is 1.33 bits per heavy atom. The third kappa shape index (κ3) is 2.82. The van der Waals surface area contributed by atoms with Gasteiger partial charge in [-0.2, -0.15) is 0 Å². The topological polar surface area (TPSA) is 68.3 Å². The standard InChI is InChI=1S/C14H13ClN2O3S/c1-9-6-11(8-16-14(9)15)17-21(18,19)12-2-3-13-10(7-12)4-5-20-13/h2-3,6-8,17H,4-5H2,1H3. The highest BCUT2D eigenvalue weighted by Gasteiger charge is 2.19. The number of sulfonamides is 1. The summed E-state index contributed by atoms with van der Waals surface area (Å²) in [7, 11) is -3.65. The lowest BCUT2D eigenvalue weighted by Crippen LogP contribution is -2.13. The normalized spacial score (nSPS) is 13.6. The molecule has 3 rings (SSSR count). The van der Waals surface area contributed by atoms with Crippen LogP contribution in [0.1, 0.15) is 11.1 Å². The predicted octanol–water partition coefficient (Wildman–Crippen LogP) is 2.78. The highest BCUT2D eigenvalue weighted by molar-refractivity contribution is 7.92. The molecule has 0 amide bonds. The fourth-order valence-electron chi connectivity index (χ4n) is 2.16. The molecule has 1 aliphatic heterocycles. The van der Waals surface area contributed by atoms with Crippen molar-refractivity contribution >= 4 is 27.3 Å². The van der Waals surface area contributed by atoms with Crippen LogP contribution >= 0.6 is 11.6 Å². The average molecular weight is 325 g/mol. The van der Waals surface area contributed by atoms with Crippen molar-refractivity contribution in [3.8, 4) is 5.75 Å². The fourth-order valence-corrected chi connectivity index (χ4v) is 3.35. The minimum Gasteiger partial charge on any atom is -0.493 e. The second-order valence-corrected chi connectivity index (χ2v) is 6.85. The van der Waals surface area contributed by atoms with Gasteiger partial charge in [-0.25, -0.2) is 13.4 Å². The van der Waals surface area contributed by atoms with Crippen LogP contribution in [0.2, 0.25) is 5.15 Å². The number of hydrogen-bond donors (Lipinski definition) is 1. The Bertz CT molecular complexity index is 806. The zero-order valence-electron chi connectivity index (χ0n) is 11.3. The number of hydrogen-bond acceptors (Lipinski definition) is 4. The molecule has 110 valence electrons. The van der Waals surface area contributed by atoms with Crippen LogP contribution in [0.3, 0.4) is 0 Å². The molecule has 7 heteroatoms. The summed E-state index contributed by atoms with van der Waals surface area (Å²) >= 11 is 5.83. The smallest absolute Gasteiger partial charge is 0.261 e. The van der Waals surface area contributed by atoms with E-state index in [1.54, 1.807) is 25.1 Å². The molecule has 0 unspecified atom stereocenters. The lowest BCUT2D eigenvalue weighted by atomic mass is 10.2. The van der Waals surface area contributed by atoms with Crippen LogP contribution in [0.5, 0.6) is 5.75 Å². The molecule has 5 nitrogen and oxygen atoms in total. The number of nitrogens with zero attached hydrogens (tertiary/aromatic N) is 1. The first kappa shape index (κ1) is 14.2. The SMILES string of the molecule is Cc1cc(NS(=O)(=O)c2ccc3c(c2)CCO3)cnc1Cl. The zero-order valence-corrected chi connectivity index (χ0v) is 12.8. The summed E-state index contributed by atoms with van der Waals surface area (Å²) < 4.78 is 32.6. The Labute approximate surface area is 128 Å². The number of anilines is 1. The lowest BCUT2D eigenvalue weighted by molar-refractivity contribution is 0.356. The van der Waals surface area contributed by atoms with Crippen molar-refractivity contribution in [2.45, 2.75) is 18.2 Å². The summed E-state index contributed by atoms with van der Waals surface area (Å²) in [6.45, 7) is 2.35. The van der Waals surface area contributed by atoms with E-state index in [4.69, 9.17) is 16.3 Å². The van der Waals surface area contributed by atoms with Crippen LogP contribution in [-0.2, 0) is 16.4 Å². The van der Waals surface area contributed by atoms with Crippen molar-refractivity contribution in [1.29, 1.82) is 0 Å². The second kappa shape index (κ2) is 5.20. The molecule has 1 aromatic heterocycles. The first-order valence-electron chi connectivity index (χ1n) is 6.36. The lowest BCUT2D eigenvalue weighted by Gasteiger charge is -2.09. The van der Waals surface area contributed by atoms with E-state index in [2.05, 4.69) is 9.71 Å². The van der Waals surface area contributed by atoms with Gasteiger partial charge >= 0.3 is 0 Å². The molecule has 2 heterocycles. The van der Waals surface area contributed by atoms with Crippen molar-refractivity contribution in [3.63, 3.8) is 0 Å². The van der Waals surface area contributed by atoms with Gasteiger partial charge in [-0.05, 0) is 42.3 Å². The molecule has 2 aromatic rings. The molecule has 0 atom stereocenters. The van der Waals surface area contributed by atoms with Gasteiger partial charge in [0.05, 0.1) is 23.4 Å². The number of aromatic nitrogens is 1. The molecule has 0 saturated carbocycles. The van der Waals surface area contributed by atoms with Crippen molar-refractivity contribution < 1.29 is 13.2 Å². The fraction of sp³-hybridized carbons (Fsp3) is 0.214. The maximum absolute atomic E-state index is 12.4. The molecule has 0 spiro atoms. The number of nitrogens with one attached hydrogen (secondary N) is 1. The van der Waals surface area contributed by atoms with E-state index in [0.29, 0.717) is 23.0 Å². The number of halogens is 1. The molecular formula is C14H13ClN2O3S. The molecule has 0 saturated heterocycles. The molecule has 1 aliphatic rings. The molecule has 1 N–H and O–H groups in total. The van der Waals surface area contributed by atoms with Gasteiger partial charge in [0, 0.05) is 6.42 Å². The van der Waals surface area contributed by atoms with E-state index in [1.807, 2.05) is 0 Å². The Balaban J connectivity index is 1.91.